The largest absolute Gasteiger partial charge is 0.381 e. The maximum Gasteiger partial charge on any atom is 0.125 e. The average molecular weight is 264 g/mol. The van der Waals surface area contributed by atoms with Gasteiger partial charge in [-0.25, -0.2) is 4.39 Å². The number of fused-ring (bicyclic) bond motifs is 1. The van der Waals surface area contributed by atoms with Crippen LogP contribution in [0.3, 0.4) is 0 Å². The number of benzene rings is 1. The van der Waals surface area contributed by atoms with Gasteiger partial charge < -0.3 is 15.0 Å². The number of hydrogen-bond donors (Lipinski definition) is 1. The molecule has 19 heavy (non-hydrogen) atoms. The molecule has 0 spiro atoms. The molecule has 1 unspecified atom stereocenters. The van der Waals surface area contributed by atoms with Gasteiger partial charge in [-0.2, -0.15) is 0 Å². The zero-order valence-electron chi connectivity index (χ0n) is 11.4. The highest BCUT2D eigenvalue weighted by molar-refractivity contribution is 5.58. The lowest BCUT2D eigenvalue weighted by Gasteiger charge is -2.33. The summed E-state index contributed by atoms with van der Waals surface area (Å²) in [6.45, 7) is 4.53. The molecule has 4 heteroatoms. The van der Waals surface area contributed by atoms with E-state index in [0.29, 0.717) is 0 Å². The van der Waals surface area contributed by atoms with E-state index in [1.54, 1.807) is 12.1 Å². The van der Waals surface area contributed by atoms with Gasteiger partial charge in [0.2, 0.25) is 0 Å². The average Bonchev–Trinajstić information content (AvgIpc) is 2.99. The third kappa shape index (κ3) is 2.47. The van der Waals surface area contributed by atoms with Crippen molar-refractivity contribution in [1.82, 2.24) is 5.32 Å². The van der Waals surface area contributed by atoms with Crippen molar-refractivity contribution in [2.24, 2.45) is 5.41 Å². The Hall–Kier alpha value is -1.13. The lowest BCUT2D eigenvalue weighted by atomic mass is 9.86. The van der Waals surface area contributed by atoms with Crippen molar-refractivity contribution in [1.29, 1.82) is 0 Å². The third-order valence-electron chi connectivity index (χ3n) is 4.30. The number of rotatable bonds is 4. The zero-order chi connectivity index (χ0) is 13.3. The van der Waals surface area contributed by atoms with Gasteiger partial charge in [0.15, 0.2) is 0 Å². The number of nitrogens with one attached hydrogen (secondary N) is 1. The predicted molar refractivity (Wildman–Crippen MR) is 74.1 cm³/mol. The Labute approximate surface area is 113 Å². The highest BCUT2D eigenvalue weighted by atomic mass is 19.1. The number of anilines is 1. The highest BCUT2D eigenvalue weighted by Gasteiger charge is 2.37. The fourth-order valence-corrected chi connectivity index (χ4v) is 3.33. The van der Waals surface area contributed by atoms with Gasteiger partial charge in [0.25, 0.3) is 0 Å². The molecule has 0 saturated carbocycles. The van der Waals surface area contributed by atoms with Crippen LogP contribution in [-0.4, -0.2) is 39.9 Å². The smallest absolute Gasteiger partial charge is 0.125 e. The lowest BCUT2D eigenvalue weighted by molar-refractivity contribution is 0.153. The molecular weight excluding hydrogens is 243 g/mol. The van der Waals surface area contributed by atoms with Crippen molar-refractivity contribution >= 4 is 5.69 Å². The molecule has 1 aromatic carbocycles. The summed E-state index contributed by atoms with van der Waals surface area (Å²) in [5, 5.41) is 3.28. The maximum absolute atomic E-state index is 13.4. The van der Waals surface area contributed by atoms with Gasteiger partial charge in [-0.15, -0.1) is 0 Å². The SMILES string of the molecule is CNCC1(CN2CCc3ccc(F)cc32)CCOC1. The van der Waals surface area contributed by atoms with Crippen LogP contribution in [0.5, 0.6) is 0 Å². The second-order valence-electron chi connectivity index (χ2n) is 5.78. The molecule has 104 valence electrons. The maximum atomic E-state index is 13.4. The van der Waals surface area contributed by atoms with Gasteiger partial charge >= 0.3 is 0 Å². The van der Waals surface area contributed by atoms with Gasteiger partial charge in [-0.05, 0) is 37.6 Å². The van der Waals surface area contributed by atoms with E-state index in [9.17, 15) is 4.39 Å². The van der Waals surface area contributed by atoms with Crippen molar-refractivity contribution in [2.75, 3.05) is 44.8 Å². The number of ether oxygens (including phenoxy) is 1. The Kier molecular flexibility index (Phi) is 3.46. The molecule has 1 atom stereocenters. The standard InChI is InChI=1S/C15H21FN2O/c1-17-9-15(5-7-19-11-15)10-18-6-4-12-2-3-13(16)8-14(12)18/h2-3,8,17H,4-7,9-11H2,1H3. The number of halogens is 1. The van der Waals surface area contributed by atoms with Crippen LogP contribution in [0.15, 0.2) is 18.2 Å². The summed E-state index contributed by atoms with van der Waals surface area (Å²) in [5.74, 6) is -0.143. The van der Waals surface area contributed by atoms with E-state index in [2.05, 4.69) is 10.2 Å². The van der Waals surface area contributed by atoms with E-state index in [0.717, 1.165) is 51.4 Å². The Morgan fingerprint density at radius 1 is 1.47 bits per heavy atom. The fourth-order valence-electron chi connectivity index (χ4n) is 3.33. The number of nitrogens with zero attached hydrogens (tertiary/aromatic N) is 1. The molecule has 2 aliphatic rings. The summed E-state index contributed by atoms with van der Waals surface area (Å²) in [6.07, 6.45) is 2.10. The van der Waals surface area contributed by atoms with Gasteiger partial charge in [0.1, 0.15) is 5.82 Å². The van der Waals surface area contributed by atoms with Crippen LogP contribution in [0, 0.1) is 11.2 Å². The molecule has 0 amide bonds. The molecule has 3 rings (SSSR count). The first-order valence-corrected chi connectivity index (χ1v) is 6.98. The van der Waals surface area contributed by atoms with Gasteiger partial charge in [0.05, 0.1) is 6.61 Å². The first kappa shape index (κ1) is 12.9. The summed E-state index contributed by atoms with van der Waals surface area (Å²) >= 11 is 0. The minimum absolute atomic E-state index is 0.143. The van der Waals surface area contributed by atoms with Gasteiger partial charge in [-0.3, -0.25) is 0 Å². The quantitative estimate of drug-likeness (QED) is 0.897. The van der Waals surface area contributed by atoms with E-state index >= 15 is 0 Å². The second kappa shape index (κ2) is 5.10. The third-order valence-corrected chi connectivity index (χ3v) is 4.30. The van der Waals surface area contributed by atoms with Crippen molar-refractivity contribution in [3.05, 3.63) is 29.6 Å². The minimum atomic E-state index is -0.143. The molecular formula is C15H21FN2O. The lowest BCUT2D eigenvalue weighted by Crippen LogP contribution is -2.43. The predicted octanol–water partition coefficient (Wildman–Crippen LogP) is 1.81. The van der Waals surface area contributed by atoms with Crippen LogP contribution >= 0.6 is 0 Å². The molecule has 0 aromatic heterocycles. The van der Waals surface area contributed by atoms with Crippen LogP contribution < -0.4 is 10.2 Å². The fraction of sp³-hybridized carbons (Fsp3) is 0.600. The van der Waals surface area contributed by atoms with Crippen LogP contribution in [0.2, 0.25) is 0 Å². The second-order valence-corrected chi connectivity index (χ2v) is 5.78. The Balaban J connectivity index is 1.79. The molecule has 2 aliphatic heterocycles. The van der Waals surface area contributed by atoms with Crippen LogP contribution in [0.1, 0.15) is 12.0 Å². The number of hydrogen-bond acceptors (Lipinski definition) is 3. The first-order chi connectivity index (χ1) is 9.22. The molecule has 2 heterocycles. The van der Waals surface area contributed by atoms with Crippen molar-refractivity contribution < 1.29 is 9.13 Å². The molecule has 1 saturated heterocycles. The molecule has 1 aromatic rings. The summed E-state index contributed by atoms with van der Waals surface area (Å²) in [6, 6.07) is 5.15. The Morgan fingerprint density at radius 2 is 2.37 bits per heavy atom. The van der Waals surface area contributed by atoms with Crippen molar-refractivity contribution in [3.8, 4) is 0 Å². The van der Waals surface area contributed by atoms with Crippen LogP contribution in [-0.2, 0) is 11.2 Å². The van der Waals surface area contributed by atoms with Crippen LogP contribution in [0.4, 0.5) is 10.1 Å². The molecule has 0 aliphatic carbocycles. The minimum Gasteiger partial charge on any atom is -0.381 e. The van der Waals surface area contributed by atoms with E-state index in [1.165, 1.54) is 5.56 Å². The van der Waals surface area contributed by atoms with E-state index in [-0.39, 0.29) is 11.2 Å². The summed E-state index contributed by atoms with van der Waals surface area (Å²) in [4.78, 5) is 2.32. The van der Waals surface area contributed by atoms with Gasteiger partial charge in [-0.1, -0.05) is 6.07 Å². The first-order valence-electron chi connectivity index (χ1n) is 6.98. The van der Waals surface area contributed by atoms with E-state index in [1.807, 2.05) is 13.1 Å². The molecule has 3 nitrogen and oxygen atoms in total. The van der Waals surface area contributed by atoms with Crippen LogP contribution in [0.25, 0.3) is 0 Å². The van der Waals surface area contributed by atoms with Gasteiger partial charge in [0, 0.05) is 37.3 Å². The normalized spacial score (nSPS) is 25.9. The molecule has 0 radical (unpaired) electrons. The monoisotopic (exact) mass is 264 g/mol. The van der Waals surface area contributed by atoms with Crippen molar-refractivity contribution in [2.45, 2.75) is 12.8 Å². The Morgan fingerprint density at radius 3 is 3.11 bits per heavy atom. The van der Waals surface area contributed by atoms with Crippen molar-refractivity contribution in [3.63, 3.8) is 0 Å². The summed E-state index contributed by atoms with van der Waals surface area (Å²) in [7, 11) is 1.98. The van der Waals surface area contributed by atoms with E-state index in [4.69, 9.17) is 4.74 Å². The summed E-state index contributed by atoms with van der Waals surface area (Å²) < 4.78 is 19.0. The summed E-state index contributed by atoms with van der Waals surface area (Å²) in [5.41, 5.74) is 2.50. The Bertz CT molecular complexity index is 457. The van der Waals surface area contributed by atoms with E-state index < -0.39 is 0 Å². The topological polar surface area (TPSA) is 24.5 Å². The molecule has 0 bridgehead atoms. The molecule has 1 fully saturated rings. The highest BCUT2D eigenvalue weighted by Crippen LogP contribution is 2.35. The molecule has 1 N–H and O–H groups in total. The zero-order valence-corrected chi connectivity index (χ0v) is 11.4.